The summed E-state index contributed by atoms with van der Waals surface area (Å²) < 4.78 is 4.92. The van der Waals surface area contributed by atoms with E-state index in [1.54, 1.807) is 13.0 Å². The van der Waals surface area contributed by atoms with E-state index in [0.29, 0.717) is 22.7 Å². The van der Waals surface area contributed by atoms with E-state index in [1.165, 1.54) is 50.3 Å². The third-order valence-electron chi connectivity index (χ3n) is 6.52. The van der Waals surface area contributed by atoms with Crippen LogP contribution in [0.2, 0.25) is 0 Å². The number of anilines is 1. The molecule has 6 nitrogen and oxygen atoms in total. The molecule has 0 radical (unpaired) electrons. The van der Waals surface area contributed by atoms with E-state index in [9.17, 15) is 9.59 Å². The molecule has 1 N–H and O–H groups in total. The largest absolute Gasteiger partial charge is 0.360 e. The van der Waals surface area contributed by atoms with Crippen LogP contribution < -0.4 is 5.32 Å². The fraction of sp³-hybridized carbons (Fsp3) is 0.750. The van der Waals surface area contributed by atoms with Crippen molar-refractivity contribution in [1.29, 1.82) is 0 Å². The zero-order valence-corrected chi connectivity index (χ0v) is 17.0. The van der Waals surface area contributed by atoms with Crippen LogP contribution >= 0.6 is 11.8 Å². The second kappa shape index (κ2) is 7.49. The summed E-state index contributed by atoms with van der Waals surface area (Å²) in [6, 6.07) is 1.67. The number of hydrogen-bond donors (Lipinski definition) is 1. The van der Waals surface area contributed by atoms with Crippen molar-refractivity contribution in [2.75, 3.05) is 30.4 Å². The quantitative estimate of drug-likeness (QED) is 0.772. The van der Waals surface area contributed by atoms with E-state index in [0.717, 1.165) is 24.3 Å². The lowest BCUT2D eigenvalue weighted by molar-refractivity contribution is -0.132. The number of rotatable bonds is 7. The topological polar surface area (TPSA) is 75.4 Å². The van der Waals surface area contributed by atoms with Crippen LogP contribution in [0.4, 0.5) is 5.82 Å². The molecule has 1 aromatic heterocycles. The first-order valence-electron chi connectivity index (χ1n) is 9.96. The van der Waals surface area contributed by atoms with Crippen LogP contribution in [0, 0.1) is 30.1 Å². The molecule has 2 amide bonds. The molecule has 4 aliphatic rings. The van der Waals surface area contributed by atoms with Crippen LogP contribution in [0.25, 0.3) is 0 Å². The fourth-order valence-electron chi connectivity index (χ4n) is 6.02. The Kier molecular flexibility index (Phi) is 5.23. The minimum Gasteiger partial charge on any atom is -0.360 e. The van der Waals surface area contributed by atoms with Crippen LogP contribution in [-0.2, 0) is 9.59 Å². The van der Waals surface area contributed by atoms with Crippen molar-refractivity contribution in [3.8, 4) is 0 Å². The van der Waals surface area contributed by atoms with Gasteiger partial charge in [0.2, 0.25) is 11.8 Å². The van der Waals surface area contributed by atoms with E-state index >= 15 is 0 Å². The molecular weight excluding hydrogens is 362 g/mol. The van der Waals surface area contributed by atoms with E-state index in [2.05, 4.69) is 10.5 Å². The van der Waals surface area contributed by atoms with Gasteiger partial charge in [-0.15, -0.1) is 11.8 Å². The van der Waals surface area contributed by atoms with Gasteiger partial charge in [0.1, 0.15) is 5.76 Å². The molecular formula is C20H29N3O3S. The number of nitrogens with one attached hydrogen (secondary N) is 1. The number of hydrogen-bond acceptors (Lipinski definition) is 5. The summed E-state index contributed by atoms with van der Waals surface area (Å²) >= 11 is 1.35. The van der Waals surface area contributed by atoms with E-state index < -0.39 is 0 Å². The first-order chi connectivity index (χ1) is 12.9. The van der Waals surface area contributed by atoms with Crippen molar-refractivity contribution in [2.45, 2.75) is 45.4 Å². The van der Waals surface area contributed by atoms with Crippen LogP contribution in [0.1, 0.15) is 44.3 Å². The molecule has 0 unspecified atom stereocenters. The summed E-state index contributed by atoms with van der Waals surface area (Å²) in [5, 5.41) is 6.42. The van der Waals surface area contributed by atoms with Gasteiger partial charge in [-0.3, -0.25) is 9.59 Å². The maximum Gasteiger partial charge on any atom is 0.235 e. The standard InChI is InChI=1S/C20H29N3O3S/c1-13-3-17(22-26-13)21-18(24)10-27-11-19(25)23(2)12-20-7-14-4-15(8-20)6-16(5-14)9-20/h3,14-16H,4-12H2,1-2H3,(H,21,22,24). The lowest BCUT2D eigenvalue weighted by atomic mass is 9.49. The Morgan fingerprint density at radius 2 is 1.85 bits per heavy atom. The number of aryl methyl sites for hydroxylation is 1. The third-order valence-corrected chi connectivity index (χ3v) is 7.43. The van der Waals surface area contributed by atoms with Gasteiger partial charge in [-0.05, 0) is 68.6 Å². The number of aromatic nitrogens is 1. The summed E-state index contributed by atoms with van der Waals surface area (Å²) in [5.41, 5.74) is 0.367. The summed E-state index contributed by atoms with van der Waals surface area (Å²) in [5.74, 6) is 4.32. The highest BCUT2D eigenvalue weighted by Gasteiger charge is 2.51. The summed E-state index contributed by atoms with van der Waals surface area (Å²) in [7, 11) is 1.93. The SMILES string of the molecule is Cc1cc(NC(=O)CSCC(=O)N(C)CC23CC4CC(CC(C4)C2)C3)no1. The minimum atomic E-state index is -0.162. The molecule has 4 aliphatic carbocycles. The molecule has 0 atom stereocenters. The highest BCUT2D eigenvalue weighted by Crippen LogP contribution is 2.60. The Bertz CT molecular complexity index is 682. The van der Waals surface area contributed by atoms with Crippen molar-refractivity contribution >= 4 is 29.4 Å². The fourth-order valence-corrected chi connectivity index (χ4v) is 6.78. The molecule has 5 rings (SSSR count). The van der Waals surface area contributed by atoms with Crippen LogP contribution in [-0.4, -0.2) is 47.0 Å². The Balaban J connectivity index is 1.21. The Hall–Kier alpha value is -1.50. The maximum atomic E-state index is 12.6. The van der Waals surface area contributed by atoms with Crippen molar-refractivity contribution in [1.82, 2.24) is 10.1 Å². The smallest absolute Gasteiger partial charge is 0.235 e. The summed E-state index contributed by atoms with van der Waals surface area (Å²) in [6.45, 7) is 2.66. The number of carbonyl (C=O) groups is 2. The Labute approximate surface area is 164 Å². The van der Waals surface area contributed by atoms with Gasteiger partial charge in [0, 0.05) is 19.7 Å². The highest BCUT2D eigenvalue weighted by atomic mass is 32.2. The number of nitrogens with zero attached hydrogens (tertiary/aromatic N) is 2. The van der Waals surface area contributed by atoms with Gasteiger partial charge < -0.3 is 14.7 Å². The molecule has 0 aliphatic heterocycles. The van der Waals surface area contributed by atoms with Crippen molar-refractivity contribution < 1.29 is 14.1 Å². The summed E-state index contributed by atoms with van der Waals surface area (Å²) in [4.78, 5) is 26.4. The van der Waals surface area contributed by atoms with E-state index in [1.807, 2.05) is 11.9 Å². The van der Waals surface area contributed by atoms with Gasteiger partial charge in [0.05, 0.1) is 11.5 Å². The molecule has 1 aromatic rings. The lowest BCUT2D eigenvalue weighted by Gasteiger charge is -2.57. The Morgan fingerprint density at radius 3 is 2.41 bits per heavy atom. The normalized spacial score (nSPS) is 31.1. The van der Waals surface area contributed by atoms with Crippen LogP contribution in [0.5, 0.6) is 0 Å². The molecule has 0 saturated heterocycles. The first-order valence-corrected chi connectivity index (χ1v) is 11.1. The van der Waals surface area contributed by atoms with Crippen molar-refractivity contribution in [3.63, 3.8) is 0 Å². The number of carbonyl (C=O) groups excluding carboxylic acids is 2. The molecule has 4 fully saturated rings. The maximum absolute atomic E-state index is 12.6. The second-order valence-electron chi connectivity index (χ2n) is 9.03. The zero-order valence-electron chi connectivity index (χ0n) is 16.2. The third kappa shape index (κ3) is 4.33. The average molecular weight is 392 g/mol. The molecule has 0 aromatic carbocycles. The van der Waals surface area contributed by atoms with Gasteiger partial charge in [-0.25, -0.2) is 0 Å². The average Bonchev–Trinajstić information content (AvgIpc) is 2.97. The predicted octanol–water partition coefficient (Wildman–Crippen LogP) is 3.33. The van der Waals surface area contributed by atoms with Crippen molar-refractivity contribution in [3.05, 3.63) is 11.8 Å². The van der Waals surface area contributed by atoms with Crippen LogP contribution in [0.15, 0.2) is 10.6 Å². The molecule has 148 valence electrons. The van der Waals surface area contributed by atoms with Crippen LogP contribution in [0.3, 0.4) is 0 Å². The number of amides is 2. The van der Waals surface area contributed by atoms with Gasteiger partial charge >= 0.3 is 0 Å². The first kappa shape index (κ1) is 18.8. The zero-order chi connectivity index (χ0) is 19.0. The van der Waals surface area contributed by atoms with E-state index in [-0.39, 0.29) is 17.6 Å². The monoisotopic (exact) mass is 391 g/mol. The van der Waals surface area contributed by atoms with Gasteiger partial charge in [0.25, 0.3) is 0 Å². The Morgan fingerprint density at radius 1 is 1.22 bits per heavy atom. The molecule has 27 heavy (non-hydrogen) atoms. The van der Waals surface area contributed by atoms with Crippen molar-refractivity contribution in [2.24, 2.45) is 23.2 Å². The summed E-state index contributed by atoms with van der Waals surface area (Å²) in [6.07, 6.45) is 8.20. The second-order valence-corrected chi connectivity index (χ2v) is 10.0. The predicted molar refractivity (Wildman–Crippen MR) is 105 cm³/mol. The molecule has 4 bridgehead atoms. The molecule has 0 spiro atoms. The lowest BCUT2D eigenvalue weighted by Crippen LogP contribution is -2.51. The molecule has 1 heterocycles. The number of thioether (sulfide) groups is 1. The molecule has 7 heteroatoms. The highest BCUT2D eigenvalue weighted by molar-refractivity contribution is 8.00. The van der Waals surface area contributed by atoms with Gasteiger partial charge in [0.15, 0.2) is 5.82 Å². The van der Waals surface area contributed by atoms with E-state index in [4.69, 9.17) is 4.52 Å². The van der Waals surface area contributed by atoms with Gasteiger partial charge in [-0.2, -0.15) is 0 Å². The van der Waals surface area contributed by atoms with Gasteiger partial charge in [-0.1, -0.05) is 5.16 Å². The minimum absolute atomic E-state index is 0.126. The molecule has 4 saturated carbocycles.